The van der Waals surface area contributed by atoms with Crippen molar-refractivity contribution in [2.75, 3.05) is 5.32 Å². The van der Waals surface area contributed by atoms with E-state index in [0.29, 0.717) is 28.6 Å². The van der Waals surface area contributed by atoms with E-state index in [9.17, 15) is 0 Å². The molecule has 0 amide bonds. The first kappa shape index (κ1) is 25.5. The van der Waals surface area contributed by atoms with Gasteiger partial charge < -0.3 is 10.1 Å². The summed E-state index contributed by atoms with van der Waals surface area (Å²) in [6.07, 6.45) is 8.96. The zero-order valence-corrected chi connectivity index (χ0v) is 23.0. The van der Waals surface area contributed by atoms with Crippen LogP contribution in [0.3, 0.4) is 0 Å². The predicted molar refractivity (Wildman–Crippen MR) is 153 cm³/mol. The number of hydrogen-bond donors (Lipinski definition) is 1. The van der Waals surface area contributed by atoms with Gasteiger partial charge in [-0.2, -0.15) is 4.98 Å². The quantitative estimate of drug-likeness (QED) is 0.256. The van der Waals surface area contributed by atoms with E-state index in [0.717, 1.165) is 42.7 Å². The van der Waals surface area contributed by atoms with Crippen LogP contribution in [0.5, 0.6) is 5.88 Å². The van der Waals surface area contributed by atoms with Crippen LogP contribution in [0.15, 0.2) is 77.0 Å². The highest BCUT2D eigenvalue weighted by atomic mass is 32.2. The zero-order valence-electron chi connectivity index (χ0n) is 22.2. The number of benzene rings is 2. The van der Waals surface area contributed by atoms with E-state index < -0.39 is 0 Å². The van der Waals surface area contributed by atoms with Crippen molar-refractivity contribution in [3.05, 3.63) is 83.0 Å². The number of ether oxygens (including phenoxy) is 1. The van der Waals surface area contributed by atoms with Crippen molar-refractivity contribution >= 4 is 17.4 Å². The van der Waals surface area contributed by atoms with Gasteiger partial charge in [0.15, 0.2) is 11.9 Å². The second-order valence-electron chi connectivity index (χ2n) is 10.5. The van der Waals surface area contributed by atoms with Gasteiger partial charge in [-0.25, -0.2) is 0 Å². The third-order valence-electron chi connectivity index (χ3n) is 7.24. The maximum Gasteiger partial charge on any atom is 0.247 e. The molecule has 2 aliphatic rings. The summed E-state index contributed by atoms with van der Waals surface area (Å²) in [6, 6.07) is 16.8. The van der Waals surface area contributed by atoms with E-state index in [-0.39, 0.29) is 6.23 Å². The third-order valence-corrected chi connectivity index (χ3v) is 8.15. The number of hydrogen-bond acceptors (Lipinski definition) is 6. The molecule has 0 unspecified atom stereocenters. The molecule has 0 saturated carbocycles. The highest BCUT2D eigenvalue weighted by Gasteiger charge is 2.34. The Labute approximate surface area is 224 Å². The van der Waals surface area contributed by atoms with Gasteiger partial charge in [0.05, 0.1) is 0 Å². The molecule has 3 aromatic rings. The molecule has 0 radical (unpaired) electrons. The van der Waals surface area contributed by atoms with Crippen LogP contribution in [-0.4, -0.2) is 21.4 Å². The molecule has 6 heteroatoms. The standard InChI is InChI=1S/C31H36N4OS/c1-20(2)8-7-9-23-16-17-25(22(4)18-23)29-32-27-11-6-5-10-26(27)28-30(36-29)33-31(35-34-28)37-19-24-14-12-21(3)13-15-24/h5-6,8,10-16,22,25,29,32H,7,9,17-19H2,1-4H3/t22-,25+,29-/m1/s1. The van der Waals surface area contributed by atoms with E-state index in [4.69, 9.17) is 9.72 Å². The van der Waals surface area contributed by atoms with Gasteiger partial charge in [-0.3, -0.25) is 0 Å². The lowest BCUT2D eigenvalue weighted by molar-refractivity contribution is 0.114. The number of anilines is 1. The summed E-state index contributed by atoms with van der Waals surface area (Å²) in [6.45, 7) is 8.79. The molecule has 0 spiro atoms. The van der Waals surface area contributed by atoms with Crippen LogP contribution in [0.4, 0.5) is 5.69 Å². The zero-order chi connectivity index (χ0) is 25.8. The molecule has 2 aromatic carbocycles. The van der Waals surface area contributed by atoms with E-state index in [1.54, 1.807) is 17.3 Å². The van der Waals surface area contributed by atoms with Gasteiger partial charge in [0.1, 0.15) is 0 Å². The third kappa shape index (κ3) is 6.24. The Morgan fingerprint density at radius 1 is 1.11 bits per heavy atom. The first-order chi connectivity index (χ1) is 18.0. The Morgan fingerprint density at radius 2 is 1.92 bits per heavy atom. The topological polar surface area (TPSA) is 59.9 Å². The number of allylic oxidation sites excluding steroid dienone is 4. The van der Waals surface area contributed by atoms with Gasteiger partial charge in [-0.05, 0) is 64.0 Å². The number of fused-ring (bicyclic) bond motifs is 3. The van der Waals surface area contributed by atoms with Crippen molar-refractivity contribution < 1.29 is 4.74 Å². The molecule has 1 aliphatic carbocycles. The van der Waals surface area contributed by atoms with Gasteiger partial charge in [-0.1, -0.05) is 90.0 Å². The monoisotopic (exact) mass is 512 g/mol. The minimum Gasteiger partial charge on any atom is -0.452 e. The second-order valence-corrected chi connectivity index (χ2v) is 11.5. The summed E-state index contributed by atoms with van der Waals surface area (Å²) in [4.78, 5) is 4.85. The lowest BCUT2D eigenvalue weighted by Gasteiger charge is -2.35. The maximum atomic E-state index is 6.63. The van der Waals surface area contributed by atoms with Crippen molar-refractivity contribution in [3.8, 4) is 17.1 Å². The second kappa shape index (κ2) is 11.5. The van der Waals surface area contributed by atoms with Gasteiger partial charge >= 0.3 is 0 Å². The molecule has 192 valence electrons. The summed E-state index contributed by atoms with van der Waals surface area (Å²) in [5.74, 6) is 2.20. The smallest absolute Gasteiger partial charge is 0.247 e. The Bertz CT molecular complexity index is 1300. The Balaban J connectivity index is 1.37. The number of nitrogens with one attached hydrogen (secondary N) is 1. The Morgan fingerprint density at radius 3 is 2.70 bits per heavy atom. The van der Waals surface area contributed by atoms with E-state index in [1.807, 2.05) is 12.1 Å². The lowest BCUT2D eigenvalue weighted by atomic mass is 9.78. The SMILES string of the molecule is CC(C)=CCCC1=CC[C@H]([C@@H]2Nc3ccccc3-c3nnc(SCc4ccc(C)cc4)nc3O2)[C@H](C)C1. The largest absolute Gasteiger partial charge is 0.452 e. The van der Waals surface area contributed by atoms with Crippen LogP contribution in [0.2, 0.25) is 0 Å². The molecule has 1 aliphatic heterocycles. The highest BCUT2D eigenvalue weighted by Crippen LogP contribution is 2.41. The van der Waals surface area contributed by atoms with Gasteiger partial charge in [0, 0.05) is 22.9 Å². The Hall–Kier alpha value is -3.12. The molecule has 2 heterocycles. The minimum absolute atomic E-state index is 0.181. The fourth-order valence-corrected chi connectivity index (χ4v) is 5.85. The number of aromatic nitrogens is 3. The number of thioether (sulfide) groups is 1. The van der Waals surface area contributed by atoms with Crippen LogP contribution in [0.1, 0.15) is 57.6 Å². The lowest BCUT2D eigenvalue weighted by Crippen LogP contribution is -2.39. The average Bonchev–Trinajstić information content (AvgIpc) is 3.04. The van der Waals surface area contributed by atoms with Crippen LogP contribution in [0.25, 0.3) is 11.3 Å². The van der Waals surface area contributed by atoms with Gasteiger partial charge in [-0.15, -0.1) is 10.2 Å². The van der Waals surface area contributed by atoms with Gasteiger partial charge in [0.2, 0.25) is 11.0 Å². The number of rotatable bonds is 7. The van der Waals surface area contributed by atoms with E-state index >= 15 is 0 Å². The molecular weight excluding hydrogens is 476 g/mol. The van der Waals surface area contributed by atoms with Crippen molar-refractivity contribution in [2.24, 2.45) is 11.8 Å². The predicted octanol–water partition coefficient (Wildman–Crippen LogP) is 7.99. The highest BCUT2D eigenvalue weighted by molar-refractivity contribution is 7.98. The van der Waals surface area contributed by atoms with Crippen molar-refractivity contribution in [1.82, 2.24) is 15.2 Å². The summed E-state index contributed by atoms with van der Waals surface area (Å²) >= 11 is 1.59. The molecule has 0 saturated heterocycles. The maximum absolute atomic E-state index is 6.63. The van der Waals surface area contributed by atoms with Crippen LogP contribution >= 0.6 is 11.8 Å². The van der Waals surface area contributed by atoms with Crippen LogP contribution in [0, 0.1) is 18.8 Å². The fraction of sp³-hybridized carbons (Fsp3) is 0.387. The Kier molecular flexibility index (Phi) is 7.94. The molecule has 0 fully saturated rings. The van der Waals surface area contributed by atoms with Crippen LogP contribution < -0.4 is 10.1 Å². The molecule has 1 N–H and O–H groups in total. The van der Waals surface area contributed by atoms with E-state index in [1.165, 1.54) is 16.7 Å². The first-order valence-corrected chi connectivity index (χ1v) is 14.2. The number of para-hydroxylation sites is 1. The van der Waals surface area contributed by atoms with E-state index in [2.05, 4.69) is 91.8 Å². The normalized spacial score (nSPS) is 20.4. The molecule has 3 atom stereocenters. The van der Waals surface area contributed by atoms with Crippen LogP contribution in [-0.2, 0) is 5.75 Å². The number of nitrogens with zero attached hydrogens (tertiary/aromatic N) is 3. The molecular formula is C31H36N4OS. The molecule has 37 heavy (non-hydrogen) atoms. The summed E-state index contributed by atoms with van der Waals surface area (Å²) in [7, 11) is 0. The molecule has 1 aromatic heterocycles. The fourth-order valence-electron chi connectivity index (χ4n) is 5.11. The average molecular weight is 513 g/mol. The summed E-state index contributed by atoms with van der Waals surface area (Å²) < 4.78 is 6.63. The molecule has 5 rings (SSSR count). The number of aryl methyl sites for hydroxylation is 1. The van der Waals surface area contributed by atoms with Crippen molar-refractivity contribution in [1.29, 1.82) is 0 Å². The van der Waals surface area contributed by atoms with Crippen molar-refractivity contribution in [3.63, 3.8) is 0 Å². The summed E-state index contributed by atoms with van der Waals surface area (Å²) in [5.41, 5.74) is 8.16. The molecule has 5 nitrogen and oxygen atoms in total. The minimum atomic E-state index is -0.181. The van der Waals surface area contributed by atoms with Gasteiger partial charge in [0.25, 0.3) is 0 Å². The first-order valence-electron chi connectivity index (χ1n) is 13.2. The van der Waals surface area contributed by atoms with Crippen molar-refractivity contribution in [2.45, 2.75) is 70.5 Å². The summed E-state index contributed by atoms with van der Waals surface area (Å²) in [5, 5.41) is 13.4. The molecule has 0 bridgehead atoms.